The minimum absolute atomic E-state index is 0.0301. The van der Waals surface area contributed by atoms with Crippen molar-refractivity contribution in [2.75, 3.05) is 28.4 Å². The molecule has 3 atom stereocenters. The number of carbonyl (C=O) groups is 2. The Morgan fingerprint density at radius 2 is 2.00 bits per heavy atom. The molecule has 0 unspecified atom stereocenters. The van der Waals surface area contributed by atoms with Crippen LogP contribution in [0.4, 0.5) is 11.4 Å². The van der Waals surface area contributed by atoms with Gasteiger partial charge in [0.1, 0.15) is 5.54 Å². The normalized spacial score (nSPS) is 28.1. The third-order valence-electron chi connectivity index (χ3n) is 6.37. The summed E-state index contributed by atoms with van der Waals surface area (Å²) in [5.74, 6) is 1.21. The zero-order chi connectivity index (χ0) is 20.2. The molecule has 150 valence electrons. The number of rotatable bonds is 3. The molecule has 0 radical (unpaired) electrons. The van der Waals surface area contributed by atoms with E-state index < -0.39 is 11.5 Å². The fourth-order valence-corrected chi connectivity index (χ4v) is 6.59. The minimum Gasteiger partial charge on any atom is -0.326 e. The summed E-state index contributed by atoms with van der Waals surface area (Å²) in [5, 5.41) is 3.66. The molecular formula is C22H22ClN3O2S. The van der Waals surface area contributed by atoms with E-state index in [2.05, 4.69) is 10.2 Å². The van der Waals surface area contributed by atoms with Crippen molar-refractivity contribution in [2.45, 2.75) is 24.9 Å². The first-order valence-corrected chi connectivity index (χ1v) is 11.4. The van der Waals surface area contributed by atoms with E-state index in [1.165, 1.54) is 0 Å². The number of fused-ring (bicyclic) bond motifs is 4. The van der Waals surface area contributed by atoms with Gasteiger partial charge in [0, 0.05) is 46.2 Å². The van der Waals surface area contributed by atoms with Crippen LogP contribution in [-0.4, -0.2) is 40.9 Å². The maximum absolute atomic E-state index is 13.8. The van der Waals surface area contributed by atoms with Crippen molar-refractivity contribution < 1.29 is 9.59 Å². The van der Waals surface area contributed by atoms with Gasteiger partial charge in [0.2, 0.25) is 5.91 Å². The van der Waals surface area contributed by atoms with Gasteiger partial charge in [-0.05, 0) is 43.7 Å². The highest BCUT2D eigenvalue weighted by atomic mass is 35.5. The van der Waals surface area contributed by atoms with Crippen LogP contribution in [0.1, 0.15) is 18.9 Å². The topological polar surface area (TPSA) is 52.7 Å². The van der Waals surface area contributed by atoms with Gasteiger partial charge in [0.05, 0.1) is 5.92 Å². The Balaban J connectivity index is 1.59. The van der Waals surface area contributed by atoms with Gasteiger partial charge in [-0.3, -0.25) is 14.5 Å². The summed E-state index contributed by atoms with van der Waals surface area (Å²) in [6.45, 7) is 2.58. The third kappa shape index (κ3) is 2.66. The van der Waals surface area contributed by atoms with Crippen LogP contribution in [0, 0.1) is 5.92 Å². The molecule has 2 aromatic carbocycles. The van der Waals surface area contributed by atoms with Crippen LogP contribution >= 0.6 is 23.4 Å². The number of likely N-dealkylation sites (N-methyl/N-ethyl adjacent to an activating group) is 1. The van der Waals surface area contributed by atoms with Crippen LogP contribution in [0.2, 0.25) is 5.02 Å². The second kappa shape index (κ2) is 7.04. The molecular weight excluding hydrogens is 406 g/mol. The molecule has 2 fully saturated rings. The molecule has 29 heavy (non-hydrogen) atoms. The van der Waals surface area contributed by atoms with Crippen molar-refractivity contribution in [2.24, 2.45) is 5.92 Å². The number of thioether (sulfide) groups is 1. The van der Waals surface area contributed by atoms with Crippen LogP contribution in [0.15, 0.2) is 48.5 Å². The molecule has 5 nitrogen and oxygen atoms in total. The third-order valence-corrected chi connectivity index (χ3v) is 7.70. The number of nitrogens with one attached hydrogen (secondary N) is 1. The van der Waals surface area contributed by atoms with Gasteiger partial charge >= 0.3 is 0 Å². The summed E-state index contributed by atoms with van der Waals surface area (Å²) >= 11 is 7.81. The molecule has 0 bridgehead atoms. The summed E-state index contributed by atoms with van der Waals surface area (Å²) in [7, 11) is 0. The summed E-state index contributed by atoms with van der Waals surface area (Å²) in [5.41, 5.74) is 1.68. The standard InChI is InChI=1S/C22H22ClN3O2S/c1-2-25-19-6-4-3-5-17(19)22(21(25)28)18(11-16-12-29-13-26(16)22)20(27)24-15-9-7-14(23)8-10-15/h3-10,16,18H,2,11-13H2,1H3,(H,24,27)/t16-,18+,22-/m0/s1. The van der Waals surface area contributed by atoms with E-state index in [-0.39, 0.29) is 17.9 Å². The Labute approximate surface area is 179 Å². The maximum atomic E-state index is 13.8. The molecule has 2 aromatic rings. The molecule has 7 heteroatoms. The van der Waals surface area contributed by atoms with Crippen molar-refractivity contribution in [3.05, 3.63) is 59.1 Å². The summed E-state index contributed by atoms with van der Waals surface area (Å²) in [4.78, 5) is 31.5. The van der Waals surface area contributed by atoms with Crippen LogP contribution in [-0.2, 0) is 15.1 Å². The van der Waals surface area contributed by atoms with E-state index in [9.17, 15) is 9.59 Å². The fourth-order valence-electron chi connectivity index (χ4n) is 5.16. The first kappa shape index (κ1) is 19.0. The highest BCUT2D eigenvalue weighted by Gasteiger charge is 2.67. The minimum atomic E-state index is -0.919. The largest absolute Gasteiger partial charge is 0.326 e. The molecule has 0 aromatic heterocycles. The predicted molar refractivity (Wildman–Crippen MR) is 117 cm³/mol. The molecule has 3 heterocycles. The number of hydrogen-bond acceptors (Lipinski definition) is 4. The second-order valence-corrected chi connectivity index (χ2v) is 9.18. The number of carbonyl (C=O) groups excluding carboxylic acids is 2. The first-order valence-electron chi connectivity index (χ1n) is 9.89. The van der Waals surface area contributed by atoms with Crippen molar-refractivity contribution in [1.82, 2.24) is 4.90 Å². The smallest absolute Gasteiger partial charge is 0.253 e. The number of hydrogen-bond donors (Lipinski definition) is 1. The maximum Gasteiger partial charge on any atom is 0.253 e. The van der Waals surface area contributed by atoms with E-state index in [0.29, 0.717) is 23.7 Å². The summed E-state index contributed by atoms with van der Waals surface area (Å²) in [6.07, 6.45) is 0.685. The van der Waals surface area contributed by atoms with Gasteiger partial charge in [0.25, 0.3) is 5.91 Å². The molecule has 2 amide bonds. The van der Waals surface area contributed by atoms with Gasteiger partial charge in [-0.1, -0.05) is 29.8 Å². The van der Waals surface area contributed by atoms with Crippen molar-refractivity contribution >= 4 is 46.6 Å². The zero-order valence-corrected chi connectivity index (χ0v) is 17.7. The van der Waals surface area contributed by atoms with Gasteiger partial charge in [-0.25, -0.2) is 0 Å². The number of anilines is 2. The zero-order valence-electron chi connectivity index (χ0n) is 16.1. The van der Waals surface area contributed by atoms with E-state index in [1.807, 2.05) is 47.9 Å². The van der Waals surface area contributed by atoms with Gasteiger partial charge < -0.3 is 10.2 Å². The van der Waals surface area contributed by atoms with Crippen LogP contribution < -0.4 is 10.2 Å². The molecule has 2 saturated heterocycles. The molecule has 5 rings (SSSR count). The lowest BCUT2D eigenvalue weighted by molar-refractivity contribution is -0.136. The Morgan fingerprint density at radius 1 is 1.24 bits per heavy atom. The van der Waals surface area contributed by atoms with Crippen LogP contribution in [0.3, 0.4) is 0 Å². The lowest BCUT2D eigenvalue weighted by Gasteiger charge is -2.36. The van der Waals surface area contributed by atoms with Crippen LogP contribution in [0.25, 0.3) is 0 Å². The average Bonchev–Trinajstić information content (AvgIpc) is 3.37. The highest BCUT2D eigenvalue weighted by Crippen LogP contribution is 2.57. The first-order chi connectivity index (χ1) is 14.1. The predicted octanol–water partition coefficient (Wildman–Crippen LogP) is 3.94. The molecule has 0 saturated carbocycles. The number of para-hydroxylation sites is 1. The molecule has 3 aliphatic heterocycles. The number of nitrogens with zero attached hydrogens (tertiary/aromatic N) is 2. The number of amides is 2. The summed E-state index contributed by atoms with van der Waals surface area (Å²) in [6, 6.07) is 15.3. The Morgan fingerprint density at radius 3 is 2.76 bits per heavy atom. The summed E-state index contributed by atoms with van der Waals surface area (Å²) < 4.78 is 0. The van der Waals surface area contributed by atoms with Gasteiger partial charge in [0.15, 0.2) is 0 Å². The Hall–Kier alpha value is -2.02. The second-order valence-electron chi connectivity index (χ2n) is 7.74. The Bertz CT molecular complexity index is 982. The quantitative estimate of drug-likeness (QED) is 0.806. The highest BCUT2D eigenvalue weighted by molar-refractivity contribution is 7.99. The fraction of sp³-hybridized carbons (Fsp3) is 0.364. The molecule has 1 N–H and O–H groups in total. The lowest BCUT2D eigenvalue weighted by Crippen LogP contribution is -2.55. The molecule has 0 aliphatic carbocycles. The van der Waals surface area contributed by atoms with Crippen LogP contribution in [0.5, 0.6) is 0 Å². The number of halogens is 1. The van der Waals surface area contributed by atoms with Gasteiger partial charge in [-0.15, -0.1) is 11.8 Å². The monoisotopic (exact) mass is 427 g/mol. The van der Waals surface area contributed by atoms with E-state index in [4.69, 9.17) is 11.6 Å². The number of benzene rings is 2. The molecule has 1 spiro atoms. The molecule has 3 aliphatic rings. The van der Waals surface area contributed by atoms with Crippen molar-refractivity contribution in [1.29, 1.82) is 0 Å². The van der Waals surface area contributed by atoms with E-state index >= 15 is 0 Å². The van der Waals surface area contributed by atoms with Gasteiger partial charge in [-0.2, -0.15) is 0 Å². The van der Waals surface area contributed by atoms with Crippen molar-refractivity contribution in [3.8, 4) is 0 Å². The van der Waals surface area contributed by atoms with Crippen molar-refractivity contribution in [3.63, 3.8) is 0 Å². The van der Waals surface area contributed by atoms with E-state index in [1.54, 1.807) is 24.3 Å². The SMILES string of the molecule is CCN1C(=O)[C@]2(c3ccccc31)[C@@H](C(=O)Nc1ccc(Cl)cc1)C[C@H]1CSCN12. The average molecular weight is 428 g/mol. The van der Waals surface area contributed by atoms with E-state index in [0.717, 1.165) is 22.9 Å². The Kier molecular flexibility index (Phi) is 4.61. The lowest BCUT2D eigenvalue weighted by atomic mass is 9.79.